The monoisotopic (exact) mass is 296 g/mol. The second-order valence-corrected chi connectivity index (χ2v) is 1.61. The van der Waals surface area contributed by atoms with Crippen LogP contribution in [0.25, 0.3) is 6.08 Å². The fourth-order valence-electron chi connectivity index (χ4n) is 0.589. The molecule has 0 spiro atoms. The summed E-state index contributed by atoms with van der Waals surface area (Å²) in [7, 11) is 0. The zero-order chi connectivity index (χ0) is 5.82. The maximum Gasteiger partial charge on any atom is 0 e. The SMILES string of the molecule is C=Cc1ccccc1.[Os]. The fourth-order valence-corrected chi connectivity index (χ4v) is 0.589. The van der Waals surface area contributed by atoms with Crippen LogP contribution in [0.5, 0.6) is 0 Å². The van der Waals surface area contributed by atoms with Crippen LogP contribution in [0.3, 0.4) is 0 Å². The molecule has 0 saturated carbocycles. The van der Waals surface area contributed by atoms with Crippen LogP contribution in [-0.2, 0) is 19.8 Å². The van der Waals surface area contributed by atoms with Gasteiger partial charge in [-0.05, 0) is 5.56 Å². The van der Waals surface area contributed by atoms with Crippen molar-refractivity contribution in [2.45, 2.75) is 0 Å². The van der Waals surface area contributed by atoms with E-state index in [-0.39, 0.29) is 19.8 Å². The summed E-state index contributed by atoms with van der Waals surface area (Å²) in [5.74, 6) is 0. The summed E-state index contributed by atoms with van der Waals surface area (Å²) in [5.41, 5.74) is 1.17. The average Bonchev–Trinajstić information content (AvgIpc) is 1.90. The van der Waals surface area contributed by atoms with E-state index in [9.17, 15) is 0 Å². The van der Waals surface area contributed by atoms with E-state index >= 15 is 0 Å². The Balaban J connectivity index is 0.000000640. The van der Waals surface area contributed by atoms with E-state index in [0.29, 0.717) is 0 Å². The minimum atomic E-state index is 0. The first-order valence-corrected chi connectivity index (χ1v) is 2.61. The Labute approximate surface area is 68.7 Å². The summed E-state index contributed by atoms with van der Waals surface area (Å²) in [6, 6.07) is 10.0. The molecule has 48 valence electrons. The Morgan fingerprint density at radius 1 is 1.11 bits per heavy atom. The second-order valence-electron chi connectivity index (χ2n) is 1.61. The first-order valence-electron chi connectivity index (χ1n) is 2.61. The Kier molecular flexibility index (Phi) is 4.27. The van der Waals surface area contributed by atoms with E-state index < -0.39 is 0 Å². The van der Waals surface area contributed by atoms with Gasteiger partial charge in [-0.1, -0.05) is 43.0 Å². The van der Waals surface area contributed by atoms with E-state index in [0.717, 1.165) is 0 Å². The molecule has 9 heavy (non-hydrogen) atoms. The van der Waals surface area contributed by atoms with Gasteiger partial charge < -0.3 is 0 Å². The third-order valence-electron chi connectivity index (χ3n) is 1.04. The van der Waals surface area contributed by atoms with Crippen molar-refractivity contribution in [3.05, 3.63) is 42.5 Å². The van der Waals surface area contributed by atoms with Crippen molar-refractivity contribution < 1.29 is 19.8 Å². The first-order chi connectivity index (χ1) is 3.93. The fraction of sp³-hybridized carbons (Fsp3) is 0. The molecule has 0 aromatic heterocycles. The summed E-state index contributed by atoms with van der Waals surface area (Å²) < 4.78 is 0. The van der Waals surface area contributed by atoms with Crippen LogP contribution >= 0.6 is 0 Å². The topological polar surface area (TPSA) is 0 Å². The molecular formula is C8H8Os. The Hall–Kier alpha value is -0.404. The Morgan fingerprint density at radius 2 is 1.67 bits per heavy atom. The van der Waals surface area contributed by atoms with Gasteiger partial charge in [0.05, 0.1) is 0 Å². The minimum Gasteiger partial charge on any atom is -0.0985 e. The molecule has 0 radical (unpaired) electrons. The molecule has 0 unspecified atom stereocenters. The maximum atomic E-state index is 3.63. The largest absolute Gasteiger partial charge is 0.0985 e. The molecule has 0 N–H and O–H groups in total. The van der Waals surface area contributed by atoms with Crippen molar-refractivity contribution in [3.8, 4) is 0 Å². The molecular weight excluding hydrogens is 286 g/mol. The minimum absolute atomic E-state index is 0. The van der Waals surface area contributed by atoms with Gasteiger partial charge in [-0.15, -0.1) is 0 Å². The van der Waals surface area contributed by atoms with Gasteiger partial charge in [-0.2, -0.15) is 0 Å². The summed E-state index contributed by atoms with van der Waals surface area (Å²) in [4.78, 5) is 0. The smallest absolute Gasteiger partial charge is 0 e. The molecule has 1 aromatic carbocycles. The number of hydrogen-bond donors (Lipinski definition) is 0. The van der Waals surface area contributed by atoms with Gasteiger partial charge in [0.2, 0.25) is 0 Å². The van der Waals surface area contributed by atoms with Gasteiger partial charge in [0.1, 0.15) is 0 Å². The molecule has 0 amide bonds. The van der Waals surface area contributed by atoms with Crippen molar-refractivity contribution in [2.75, 3.05) is 0 Å². The van der Waals surface area contributed by atoms with Crippen LogP contribution < -0.4 is 0 Å². The molecule has 0 aliphatic rings. The predicted octanol–water partition coefficient (Wildman–Crippen LogP) is 2.33. The number of benzene rings is 1. The molecule has 1 aromatic rings. The molecule has 0 atom stereocenters. The summed E-state index contributed by atoms with van der Waals surface area (Å²) in [6.07, 6.45) is 1.83. The van der Waals surface area contributed by atoms with Crippen LogP contribution in [0.1, 0.15) is 5.56 Å². The molecule has 0 bridgehead atoms. The molecule has 1 heteroatoms. The van der Waals surface area contributed by atoms with Gasteiger partial charge in [0.25, 0.3) is 0 Å². The van der Waals surface area contributed by atoms with Gasteiger partial charge in [0, 0.05) is 19.8 Å². The van der Waals surface area contributed by atoms with Crippen LogP contribution in [0.15, 0.2) is 36.9 Å². The zero-order valence-electron chi connectivity index (χ0n) is 5.02. The number of rotatable bonds is 1. The van der Waals surface area contributed by atoms with Gasteiger partial charge >= 0.3 is 0 Å². The summed E-state index contributed by atoms with van der Waals surface area (Å²) in [6.45, 7) is 3.63. The molecule has 0 saturated heterocycles. The molecule has 0 heterocycles. The van der Waals surface area contributed by atoms with Crippen molar-refractivity contribution in [1.29, 1.82) is 0 Å². The van der Waals surface area contributed by atoms with Crippen LogP contribution in [0.2, 0.25) is 0 Å². The van der Waals surface area contributed by atoms with Crippen molar-refractivity contribution in [2.24, 2.45) is 0 Å². The zero-order valence-corrected chi connectivity index (χ0v) is 7.57. The van der Waals surface area contributed by atoms with E-state index in [2.05, 4.69) is 6.58 Å². The molecule has 0 nitrogen and oxygen atoms in total. The molecule has 0 aliphatic heterocycles. The third kappa shape index (κ3) is 2.58. The van der Waals surface area contributed by atoms with Crippen LogP contribution in [0, 0.1) is 0 Å². The van der Waals surface area contributed by atoms with Crippen molar-refractivity contribution in [3.63, 3.8) is 0 Å². The van der Waals surface area contributed by atoms with E-state index in [1.807, 2.05) is 36.4 Å². The Bertz CT molecular complexity index is 167. The van der Waals surface area contributed by atoms with Crippen molar-refractivity contribution in [1.82, 2.24) is 0 Å². The van der Waals surface area contributed by atoms with Crippen molar-refractivity contribution >= 4 is 6.08 Å². The van der Waals surface area contributed by atoms with Gasteiger partial charge in [-0.3, -0.25) is 0 Å². The van der Waals surface area contributed by atoms with E-state index in [4.69, 9.17) is 0 Å². The van der Waals surface area contributed by atoms with Crippen LogP contribution in [0.4, 0.5) is 0 Å². The first kappa shape index (κ1) is 8.60. The predicted molar refractivity (Wildman–Crippen MR) is 36.5 cm³/mol. The van der Waals surface area contributed by atoms with Gasteiger partial charge in [-0.25, -0.2) is 0 Å². The van der Waals surface area contributed by atoms with E-state index in [1.165, 1.54) is 5.56 Å². The standard InChI is InChI=1S/C8H8.Os/c1-2-8-6-4-3-5-7-8;/h2-7H,1H2;. The normalized spacial score (nSPS) is 7.56. The van der Waals surface area contributed by atoms with Gasteiger partial charge in [0.15, 0.2) is 0 Å². The summed E-state index contributed by atoms with van der Waals surface area (Å²) >= 11 is 0. The number of hydrogen-bond acceptors (Lipinski definition) is 0. The second kappa shape index (κ2) is 4.47. The Morgan fingerprint density at radius 3 is 2.00 bits per heavy atom. The van der Waals surface area contributed by atoms with E-state index in [1.54, 1.807) is 0 Å². The summed E-state index contributed by atoms with van der Waals surface area (Å²) in [5, 5.41) is 0. The maximum absolute atomic E-state index is 3.63. The third-order valence-corrected chi connectivity index (χ3v) is 1.04. The quantitative estimate of drug-likeness (QED) is 0.746. The molecule has 0 fully saturated rings. The molecule has 0 aliphatic carbocycles. The van der Waals surface area contributed by atoms with Crippen LogP contribution in [-0.4, -0.2) is 0 Å². The average molecular weight is 294 g/mol. The molecule has 1 rings (SSSR count).